The molecule has 23 heavy (non-hydrogen) atoms. The van der Waals surface area contributed by atoms with Gasteiger partial charge in [0.05, 0.1) is 11.7 Å². The first-order valence-corrected chi connectivity index (χ1v) is 7.91. The van der Waals surface area contributed by atoms with E-state index in [4.69, 9.17) is 0 Å². The zero-order chi connectivity index (χ0) is 15.7. The Labute approximate surface area is 136 Å². The van der Waals surface area contributed by atoms with E-state index in [9.17, 15) is 0 Å². The monoisotopic (exact) mass is 299 g/mol. The molecule has 4 rings (SSSR count). The van der Waals surface area contributed by atoms with Crippen molar-refractivity contribution in [2.75, 3.05) is 6.54 Å². The summed E-state index contributed by atoms with van der Waals surface area (Å²) in [5, 5.41) is 1.21. The molecule has 2 heterocycles. The number of pyridine rings is 1. The molecule has 0 amide bonds. The van der Waals surface area contributed by atoms with Crippen molar-refractivity contribution in [1.82, 2.24) is 9.47 Å². The van der Waals surface area contributed by atoms with Crippen molar-refractivity contribution in [1.29, 1.82) is 0 Å². The summed E-state index contributed by atoms with van der Waals surface area (Å²) in [5.74, 6) is 0. The van der Waals surface area contributed by atoms with Crippen LogP contribution in [0.25, 0.3) is 17.0 Å². The predicted molar refractivity (Wildman–Crippen MR) is 97.8 cm³/mol. The molecule has 1 aromatic heterocycles. The minimum atomic E-state index is 0.737. The summed E-state index contributed by atoms with van der Waals surface area (Å²) in [7, 11) is 0. The average molecular weight is 299 g/mol. The van der Waals surface area contributed by atoms with E-state index in [1.807, 2.05) is 12.3 Å². The van der Waals surface area contributed by atoms with Crippen LogP contribution in [0, 0.1) is 0 Å². The number of hydrogen-bond donors (Lipinski definition) is 0. The van der Waals surface area contributed by atoms with Crippen molar-refractivity contribution >= 4 is 22.7 Å². The van der Waals surface area contributed by atoms with E-state index < -0.39 is 0 Å². The molecule has 0 saturated carbocycles. The van der Waals surface area contributed by atoms with Gasteiger partial charge in [0, 0.05) is 28.8 Å². The second-order valence-corrected chi connectivity index (χ2v) is 6.01. The van der Waals surface area contributed by atoms with Crippen molar-refractivity contribution in [2.24, 2.45) is 0 Å². The Morgan fingerprint density at radius 2 is 1.91 bits per heavy atom. The molecule has 1 aliphatic rings. The van der Waals surface area contributed by atoms with Gasteiger partial charge in [-0.2, -0.15) is 0 Å². The molecular formula is C21H19N2+. The second-order valence-electron chi connectivity index (χ2n) is 6.01. The van der Waals surface area contributed by atoms with Crippen LogP contribution in [0.5, 0.6) is 0 Å². The van der Waals surface area contributed by atoms with E-state index in [0.717, 1.165) is 23.1 Å². The first-order valence-electron chi connectivity index (χ1n) is 7.91. The Kier molecular flexibility index (Phi) is 3.32. The molecular weight excluding hydrogens is 280 g/mol. The molecule has 0 spiro atoms. The number of aromatic nitrogens is 1. The Hall–Kier alpha value is -2.71. The van der Waals surface area contributed by atoms with Crippen LogP contribution in [0.1, 0.15) is 11.1 Å². The first kappa shape index (κ1) is 13.9. The first-order chi connectivity index (χ1) is 11.3. The van der Waals surface area contributed by atoms with Crippen LogP contribution in [0.2, 0.25) is 0 Å². The number of fused-ring (bicyclic) bond motifs is 3. The van der Waals surface area contributed by atoms with E-state index in [1.165, 1.54) is 22.2 Å². The number of quaternary nitrogens is 1. The highest BCUT2D eigenvalue weighted by Gasteiger charge is 2.32. The molecule has 0 radical (unpaired) electrons. The van der Waals surface area contributed by atoms with E-state index in [0.29, 0.717) is 0 Å². The van der Waals surface area contributed by atoms with Crippen LogP contribution in [0.4, 0.5) is 5.69 Å². The van der Waals surface area contributed by atoms with Gasteiger partial charge in [-0.15, -0.1) is 0 Å². The zero-order valence-electron chi connectivity index (χ0n) is 13.0. The summed E-state index contributed by atoms with van der Waals surface area (Å²) < 4.78 is 0.737. The average Bonchev–Trinajstić information content (AvgIpc) is 2.62. The summed E-state index contributed by atoms with van der Waals surface area (Å²) in [5.41, 5.74) is 4.92. The third-order valence-electron chi connectivity index (χ3n) is 4.66. The van der Waals surface area contributed by atoms with Crippen LogP contribution in [-0.4, -0.2) is 11.5 Å². The van der Waals surface area contributed by atoms with E-state index >= 15 is 0 Å². The lowest BCUT2D eigenvalue weighted by Crippen LogP contribution is -2.44. The van der Waals surface area contributed by atoms with Gasteiger partial charge in [-0.3, -0.25) is 9.47 Å². The summed E-state index contributed by atoms with van der Waals surface area (Å²) in [6, 6.07) is 19.1. The maximum absolute atomic E-state index is 4.48. The molecule has 112 valence electrons. The molecule has 0 saturated heterocycles. The van der Waals surface area contributed by atoms with Crippen molar-refractivity contribution in [2.45, 2.75) is 6.54 Å². The molecule has 0 bridgehead atoms. The van der Waals surface area contributed by atoms with Crippen molar-refractivity contribution in [3.8, 4) is 0 Å². The topological polar surface area (TPSA) is 12.9 Å². The maximum Gasteiger partial charge on any atom is 0.146 e. The van der Waals surface area contributed by atoms with Gasteiger partial charge in [0.25, 0.3) is 0 Å². The fraction of sp³-hybridized carbons (Fsp3) is 0.0952. The van der Waals surface area contributed by atoms with Gasteiger partial charge in [0.2, 0.25) is 0 Å². The number of benzene rings is 2. The molecule has 1 atom stereocenters. The quantitative estimate of drug-likeness (QED) is 0.626. The Morgan fingerprint density at radius 1 is 1.04 bits per heavy atom. The molecule has 3 aromatic rings. The van der Waals surface area contributed by atoms with Crippen LogP contribution >= 0.6 is 0 Å². The van der Waals surface area contributed by atoms with Crippen molar-refractivity contribution in [3.05, 3.63) is 90.8 Å². The normalized spacial score (nSPS) is 19.5. The van der Waals surface area contributed by atoms with Crippen molar-refractivity contribution < 1.29 is 0 Å². The van der Waals surface area contributed by atoms with Gasteiger partial charge in [0.1, 0.15) is 18.8 Å². The SMILES string of the molecule is C=C[N+]1(Cc2ccccc2)CC=Cc2c1ccc1ncccc21. The third kappa shape index (κ3) is 2.28. The zero-order valence-corrected chi connectivity index (χ0v) is 13.0. The van der Waals surface area contributed by atoms with Crippen molar-refractivity contribution in [3.63, 3.8) is 0 Å². The Morgan fingerprint density at radius 3 is 2.74 bits per heavy atom. The second kappa shape index (κ2) is 5.49. The lowest BCUT2D eigenvalue weighted by atomic mass is 9.99. The summed E-state index contributed by atoms with van der Waals surface area (Å²) in [4.78, 5) is 4.48. The van der Waals surface area contributed by atoms with Gasteiger partial charge < -0.3 is 0 Å². The number of hydrogen-bond acceptors (Lipinski definition) is 1. The van der Waals surface area contributed by atoms with Crippen LogP contribution < -0.4 is 4.48 Å². The highest BCUT2D eigenvalue weighted by Crippen LogP contribution is 2.38. The van der Waals surface area contributed by atoms with Gasteiger partial charge in [-0.1, -0.05) is 36.4 Å². The molecule has 2 nitrogen and oxygen atoms in total. The van der Waals surface area contributed by atoms with Crippen LogP contribution in [0.3, 0.4) is 0 Å². The van der Waals surface area contributed by atoms with Crippen LogP contribution in [0.15, 0.2) is 79.6 Å². The number of nitrogens with zero attached hydrogens (tertiary/aromatic N) is 2. The molecule has 0 aliphatic carbocycles. The Balaban J connectivity index is 1.90. The molecule has 0 fully saturated rings. The molecule has 0 N–H and O–H groups in total. The van der Waals surface area contributed by atoms with Gasteiger partial charge >= 0.3 is 0 Å². The fourth-order valence-electron chi connectivity index (χ4n) is 3.48. The molecule has 1 unspecified atom stereocenters. The maximum atomic E-state index is 4.48. The summed E-state index contributed by atoms with van der Waals surface area (Å²) in [6.07, 6.45) is 8.39. The summed E-state index contributed by atoms with van der Waals surface area (Å²) >= 11 is 0. The fourth-order valence-corrected chi connectivity index (χ4v) is 3.48. The molecule has 1 aliphatic heterocycles. The smallest absolute Gasteiger partial charge is 0.146 e. The minimum Gasteiger partial charge on any atom is -0.258 e. The summed E-state index contributed by atoms with van der Waals surface area (Å²) in [6.45, 7) is 5.99. The van der Waals surface area contributed by atoms with E-state index in [-0.39, 0.29) is 0 Å². The minimum absolute atomic E-state index is 0.737. The Bertz CT molecular complexity index is 896. The van der Waals surface area contributed by atoms with Gasteiger partial charge in [-0.05, 0) is 30.9 Å². The highest BCUT2D eigenvalue weighted by atomic mass is 15.3. The predicted octanol–water partition coefficient (Wildman–Crippen LogP) is 4.91. The molecule has 2 aromatic carbocycles. The number of rotatable bonds is 3. The lowest BCUT2D eigenvalue weighted by molar-refractivity contribution is 0.397. The standard InChI is InChI=1S/C21H19N2/c1-2-23(16-17-8-4-3-5-9-17)15-7-11-19-18-10-6-14-22-20(18)12-13-21(19)23/h2-14H,1,15-16H2/q+1. The molecule has 2 heteroatoms. The van der Waals surface area contributed by atoms with Gasteiger partial charge in [-0.25, -0.2) is 0 Å². The van der Waals surface area contributed by atoms with Gasteiger partial charge in [0.15, 0.2) is 0 Å². The highest BCUT2D eigenvalue weighted by molar-refractivity contribution is 5.94. The van der Waals surface area contributed by atoms with Crippen LogP contribution in [-0.2, 0) is 6.54 Å². The van der Waals surface area contributed by atoms with E-state index in [2.05, 4.69) is 78.4 Å². The third-order valence-corrected chi connectivity index (χ3v) is 4.66. The largest absolute Gasteiger partial charge is 0.258 e. The van der Waals surface area contributed by atoms with E-state index in [1.54, 1.807) is 0 Å². The lowest BCUT2D eigenvalue weighted by Gasteiger charge is -2.37.